The third-order valence-corrected chi connectivity index (χ3v) is 5.77. The van der Waals surface area contributed by atoms with Crippen molar-refractivity contribution in [3.63, 3.8) is 0 Å². The summed E-state index contributed by atoms with van der Waals surface area (Å²) in [6.07, 6.45) is 0.734. The number of halogens is 1. The zero-order valence-electron chi connectivity index (χ0n) is 13.5. The normalized spacial score (nSPS) is 12.1. The summed E-state index contributed by atoms with van der Waals surface area (Å²) >= 11 is 6.43. The smallest absolute Gasteiger partial charge is 0.230 e. The molecule has 3 rings (SSSR count). The molecule has 0 aliphatic carbocycles. The van der Waals surface area contributed by atoms with Crippen LogP contribution in [0.5, 0.6) is 0 Å². The number of aromatic nitrogens is 3. The molecule has 0 radical (unpaired) electrons. The Hall–Kier alpha value is -1.64. The van der Waals surface area contributed by atoms with Crippen molar-refractivity contribution >= 4 is 44.9 Å². The lowest BCUT2D eigenvalue weighted by molar-refractivity contribution is -0.119. The molecule has 1 unspecified atom stereocenters. The van der Waals surface area contributed by atoms with Crippen molar-refractivity contribution in [2.24, 2.45) is 0 Å². The molecule has 0 bridgehead atoms. The number of aromatic amines is 1. The van der Waals surface area contributed by atoms with Gasteiger partial charge in [0.2, 0.25) is 11.1 Å². The highest BCUT2D eigenvalue weighted by atomic mass is 79.9. The van der Waals surface area contributed by atoms with E-state index in [1.54, 1.807) is 11.3 Å². The van der Waals surface area contributed by atoms with Crippen molar-refractivity contribution < 1.29 is 4.79 Å². The summed E-state index contributed by atoms with van der Waals surface area (Å²) in [5.41, 5.74) is 1.07. The second-order valence-corrected chi connectivity index (χ2v) is 8.34. The standard InChI is InChI=1S/C17H17BrN4OS2/c1-11(12-4-6-13(18)7-5-12)19-16(23)10-25-17-20-15(21-22-17)9-14-3-2-8-24-14/h2-8,11H,9-10H2,1H3,(H,19,23)(H,20,21,22). The fraction of sp³-hybridized carbons (Fsp3) is 0.235. The molecule has 2 N–H and O–H groups in total. The van der Waals surface area contributed by atoms with Crippen LogP contribution in [0.15, 0.2) is 51.4 Å². The summed E-state index contributed by atoms with van der Waals surface area (Å²) in [5, 5.41) is 12.7. The van der Waals surface area contributed by atoms with Gasteiger partial charge in [0.25, 0.3) is 0 Å². The first-order valence-electron chi connectivity index (χ1n) is 7.71. The van der Waals surface area contributed by atoms with Gasteiger partial charge in [0.15, 0.2) is 0 Å². The summed E-state index contributed by atoms with van der Waals surface area (Å²) in [6.45, 7) is 1.97. The molecule has 5 nitrogen and oxygen atoms in total. The Kier molecular flexibility index (Phi) is 6.28. The molecule has 1 aromatic carbocycles. The lowest BCUT2D eigenvalue weighted by Gasteiger charge is -2.14. The number of hydrogen-bond acceptors (Lipinski definition) is 5. The predicted molar refractivity (Wildman–Crippen MR) is 105 cm³/mol. The van der Waals surface area contributed by atoms with E-state index in [0.29, 0.717) is 5.16 Å². The molecular weight excluding hydrogens is 420 g/mol. The van der Waals surface area contributed by atoms with E-state index in [2.05, 4.69) is 42.5 Å². The van der Waals surface area contributed by atoms with Gasteiger partial charge in [-0.25, -0.2) is 4.98 Å². The van der Waals surface area contributed by atoms with E-state index in [4.69, 9.17) is 0 Å². The number of rotatable bonds is 7. The summed E-state index contributed by atoms with van der Waals surface area (Å²) in [5.74, 6) is 1.07. The highest BCUT2D eigenvalue weighted by Crippen LogP contribution is 2.18. The quantitative estimate of drug-likeness (QED) is 0.544. The first-order chi connectivity index (χ1) is 12.1. The number of nitrogens with one attached hydrogen (secondary N) is 2. The highest BCUT2D eigenvalue weighted by Gasteiger charge is 2.12. The number of thiophene rings is 1. The average Bonchev–Trinajstić information content (AvgIpc) is 3.26. The number of thioether (sulfide) groups is 1. The molecule has 25 heavy (non-hydrogen) atoms. The van der Waals surface area contributed by atoms with E-state index in [1.165, 1.54) is 16.6 Å². The van der Waals surface area contributed by atoms with E-state index in [-0.39, 0.29) is 17.7 Å². The van der Waals surface area contributed by atoms with Gasteiger partial charge in [-0.1, -0.05) is 45.9 Å². The van der Waals surface area contributed by atoms with Gasteiger partial charge in [-0.15, -0.1) is 16.4 Å². The Balaban J connectivity index is 1.47. The second-order valence-electron chi connectivity index (χ2n) is 5.45. The molecule has 2 aromatic heterocycles. The van der Waals surface area contributed by atoms with Gasteiger partial charge in [0.05, 0.1) is 11.8 Å². The topological polar surface area (TPSA) is 70.7 Å². The maximum Gasteiger partial charge on any atom is 0.230 e. The van der Waals surface area contributed by atoms with Crippen molar-refractivity contribution in [1.82, 2.24) is 20.5 Å². The number of H-pyrrole nitrogens is 1. The molecule has 1 atom stereocenters. The van der Waals surface area contributed by atoms with Crippen LogP contribution in [-0.4, -0.2) is 26.8 Å². The van der Waals surface area contributed by atoms with Crippen molar-refractivity contribution in [3.05, 3.63) is 62.5 Å². The Morgan fingerprint density at radius 3 is 2.88 bits per heavy atom. The van der Waals surface area contributed by atoms with Crippen LogP contribution in [0.2, 0.25) is 0 Å². The van der Waals surface area contributed by atoms with Crippen molar-refractivity contribution in [2.45, 2.75) is 24.5 Å². The molecule has 0 fully saturated rings. The summed E-state index contributed by atoms with van der Waals surface area (Å²) in [6, 6.07) is 12.0. The van der Waals surface area contributed by atoms with Gasteiger partial charge in [-0.05, 0) is 36.1 Å². The van der Waals surface area contributed by atoms with E-state index < -0.39 is 0 Å². The maximum absolute atomic E-state index is 12.1. The Labute approximate surface area is 162 Å². The second kappa shape index (κ2) is 8.64. The fourth-order valence-electron chi connectivity index (χ4n) is 2.25. The number of nitrogens with zero attached hydrogens (tertiary/aromatic N) is 2. The Morgan fingerprint density at radius 1 is 1.36 bits per heavy atom. The lowest BCUT2D eigenvalue weighted by atomic mass is 10.1. The first kappa shape index (κ1) is 18.2. The molecule has 130 valence electrons. The monoisotopic (exact) mass is 436 g/mol. The van der Waals surface area contributed by atoms with E-state index in [1.807, 2.05) is 42.6 Å². The lowest BCUT2D eigenvalue weighted by Crippen LogP contribution is -2.28. The van der Waals surface area contributed by atoms with Crippen LogP contribution in [0, 0.1) is 0 Å². The molecule has 1 amide bonds. The van der Waals surface area contributed by atoms with Crippen LogP contribution < -0.4 is 5.32 Å². The SMILES string of the molecule is CC(NC(=O)CSc1n[nH]c(Cc2cccs2)n1)c1ccc(Br)cc1. The molecule has 0 saturated carbocycles. The molecule has 2 heterocycles. The minimum absolute atomic E-state index is 0.0370. The maximum atomic E-state index is 12.1. The molecule has 3 aromatic rings. The van der Waals surface area contributed by atoms with Gasteiger partial charge < -0.3 is 5.32 Å². The van der Waals surface area contributed by atoms with Gasteiger partial charge in [-0.3, -0.25) is 9.89 Å². The van der Waals surface area contributed by atoms with Crippen LogP contribution in [-0.2, 0) is 11.2 Å². The summed E-state index contributed by atoms with van der Waals surface area (Å²) < 4.78 is 1.02. The summed E-state index contributed by atoms with van der Waals surface area (Å²) in [4.78, 5) is 17.8. The Morgan fingerprint density at radius 2 is 2.16 bits per heavy atom. The third kappa shape index (κ3) is 5.42. The largest absolute Gasteiger partial charge is 0.349 e. The van der Waals surface area contributed by atoms with Gasteiger partial charge in [0, 0.05) is 15.8 Å². The van der Waals surface area contributed by atoms with Gasteiger partial charge in [0.1, 0.15) is 5.82 Å². The van der Waals surface area contributed by atoms with Gasteiger partial charge in [-0.2, -0.15) is 0 Å². The van der Waals surface area contributed by atoms with E-state index in [9.17, 15) is 4.79 Å². The van der Waals surface area contributed by atoms with Gasteiger partial charge >= 0.3 is 0 Å². The average molecular weight is 437 g/mol. The number of amides is 1. The fourth-order valence-corrected chi connectivity index (χ4v) is 3.85. The van der Waals surface area contributed by atoms with Crippen molar-refractivity contribution in [1.29, 1.82) is 0 Å². The van der Waals surface area contributed by atoms with Crippen LogP contribution in [0.25, 0.3) is 0 Å². The van der Waals surface area contributed by atoms with Crippen molar-refractivity contribution in [2.75, 3.05) is 5.75 Å². The zero-order chi connectivity index (χ0) is 17.6. The minimum Gasteiger partial charge on any atom is -0.349 e. The molecule has 0 spiro atoms. The third-order valence-electron chi connectivity index (χ3n) is 3.51. The Bertz CT molecular complexity index is 818. The van der Waals surface area contributed by atoms with Crippen LogP contribution in [0.3, 0.4) is 0 Å². The number of carbonyl (C=O) groups excluding carboxylic acids is 1. The van der Waals surface area contributed by atoms with Crippen LogP contribution in [0.4, 0.5) is 0 Å². The van der Waals surface area contributed by atoms with Crippen LogP contribution in [0.1, 0.15) is 29.2 Å². The minimum atomic E-state index is -0.0391. The van der Waals surface area contributed by atoms with E-state index >= 15 is 0 Å². The van der Waals surface area contributed by atoms with E-state index in [0.717, 1.165) is 22.3 Å². The predicted octanol–water partition coefficient (Wildman–Crippen LogP) is 4.19. The number of hydrogen-bond donors (Lipinski definition) is 2. The molecular formula is C17H17BrN4OS2. The molecule has 0 saturated heterocycles. The number of benzene rings is 1. The molecule has 8 heteroatoms. The highest BCUT2D eigenvalue weighted by molar-refractivity contribution is 9.10. The molecule has 0 aliphatic heterocycles. The zero-order valence-corrected chi connectivity index (χ0v) is 16.7. The van der Waals surface area contributed by atoms with Crippen molar-refractivity contribution in [3.8, 4) is 0 Å². The van der Waals surface area contributed by atoms with Crippen LogP contribution >= 0.6 is 39.0 Å². The number of carbonyl (C=O) groups is 1. The molecule has 0 aliphatic rings. The summed E-state index contributed by atoms with van der Waals surface area (Å²) in [7, 11) is 0. The first-order valence-corrected chi connectivity index (χ1v) is 10.4.